The first-order valence-corrected chi connectivity index (χ1v) is 6.25. The maximum Gasteiger partial charge on any atom is 0.257 e. The van der Waals surface area contributed by atoms with E-state index < -0.39 is 0 Å². The standard InChI is InChI=1S/C14H17N3O2/c1-3-4-10-8-13(17-16-10)15-14(19)12-6-5-11(18)7-9(12)2/h5-8,18H,3-4H2,1-2H3,(H2,15,16,17,19). The monoisotopic (exact) mass is 259 g/mol. The number of nitrogens with zero attached hydrogens (tertiary/aromatic N) is 1. The molecule has 19 heavy (non-hydrogen) atoms. The Bertz CT molecular complexity index is 590. The Morgan fingerprint density at radius 1 is 1.42 bits per heavy atom. The highest BCUT2D eigenvalue weighted by atomic mass is 16.3. The predicted molar refractivity (Wildman–Crippen MR) is 73.4 cm³/mol. The molecule has 0 unspecified atom stereocenters. The zero-order valence-corrected chi connectivity index (χ0v) is 11.0. The van der Waals surface area contributed by atoms with Crippen LogP contribution in [0.25, 0.3) is 0 Å². The molecule has 0 saturated heterocycles. The van der Waals surface area contributed by atoms with Crippen LogP contribution >= 0.6 is 0 Å². The van der Waals surface area contributed by atoms with E-state index in [0.717, 1.165) is 24.1 Å². The smallest absolute Gasteiger partial charge is 0.257 e. The van der Waals surface area contributed by atoms with Crippen molar-refractivity contribution in [3.05, 3.63) is 41.1 Å². The summed E-state index contributed by atoms with van der Waals surface area (Å²) < 4.78 is 0. The Balaban J connectivity index is 2.11. The van der Waals surface area contributed by atoms with E-state index in [1.807, 2.05) is 6.07 Å². The van der Waals surface area contributed by atoms with Crippen LogP contribution in [0, 0.1) is 6.92 Å². The van der Waals surface area contributed by atoms with Gasteiger partial charge in [0.15, 0.2) is 5.82 Å². The number of aryl methyl sites for hydroxylation is 2. The molecule has 0 atom stereocenters. The van der Waals surface area contributed by atoms with E-state index in [2.05, 4.69) is 22.4 Å². The molecular weight excluding hydrogens is 242 g/mol. The Labute approximate surface area is 111 Å². The molecule has 0 aliphatic carbocycles. The van der Waals surface area contributed by atoms with Gasteiger partial charge in [0.1, 0.15) is 5.75 Å². The number of aromatic nitrogens is 2. The van der Waals surface area contributed by atoms with Gasteiger partial charge in [-0.1, -0.05) is 13.3 Å². The lowest BCUT2D eigenvalue weighted by atomic mass is 10.1. The quantitative estimate of drug-likeness (QED) is 0.789. The van der Waals surface area contributed by atoms with Crippen molar-refractivity contribution >= 4 is 11.7 Å². The van der Waals surface area contributed by atoms with E-state index in [0.29, 0.717) is 11.4 Å². The van der Waals surface area contributed by atoms with Crippen LogP contribution in [-0.4, -0.2) is 21.2 Å². The number of carbonyl (C=O) groups excluding carboxylic acids is 1. The number of hydrogen-bond donors (Lipinski definition) is 3. The van der Waals surface area contributed by atoms with E-state index in [-0.39, 0.29) is 11.7 Å². The molecule has 1 amide bonds. The zero-order chi connectivity index (χ0) is 13.8. The SMILES string of the molecule is CCCc1cc(NC(=O)c2ccc(O)cc2C)n[nH]1. The molecule has 0 fully saturated rings. The number of phenols is 1. The summed E-state index contributed by atoms with van der Waals surface area (Å²) in [6.07, 6.45) is 1.92. The maximum absolute atomic E-state index is 12.1. The molecule has 2 rings (SSSR count). The van der Waals surface area contributed by atoms with Gasteiger partial charge in [0.05, 0.1) is 0 Å². The third-order valence-electron chi connectivity index (χ3n) is 2.85. The number of phenolic OH excluding ortho intramolecular Hbond substituents is 1. The van der Waals surface area contributed by atoms with Gasteiger partial charge >= 0.3 is 0 Å². The van der Waals surface area contributed by atoms with Gasteiger partial charge in [-0.2, -0.15) is 5.10 Å². The number of aromatic amines is 1. The number of hydrogen-bond acceptors (Lipinski definition) is 3. The van der Waals surface area contributed by atoms with Crippen LogP contribution in [-0.2, 0) is 6.42 Å². The first-order valence-electron chi connectivity index (χ1n) is 6.25. The normalized spacial score (nSPS) is 10.4. The van der Waals surface area contributed by atoms with Gasteiger partial charge in [-0.15, -0.1) is 0 Å². The molecule has 3 N–H and O–H groups in total. The molecule has 1 heterocycles. The van der Waals surface area contributed by atoms with Crippen molar-refractivity contribution in [1.29, 1.82) is 0 Å². The van der Waals surface area contributed by atoms with Crippen LogP contribution in [0.5, 0.6) is 5.75 Å². The number of nitrogens with one attached hydrogen (secondary N) is 2. The molecule has 1 aromatic carbocycles. The molecule has 5 nitrogen and oxygen atoms in total. The van der Waals surface area contributed by atoms with Gasteiger partial charge in [0.25, 0.3) is 5.91 Å². The fraction of sp³-hybridized carbons (Fsp3) is 0.286. The van der Waals surface area contributed by atoms with Crippen molar-refractivity contribution in [3.8, 4) is 5.75 Å². The average molecular weight is 259 g/mol. The van der Waals surface area contributed by atoms with Crippen molar-refractivity contribution < 1.29 is 9.90 Å². The molecule has 1 aromatic heterocycles. The summed E-state index contributed by atoms with van der Waals surface area (Å²) in [7, 11) is 0. The molecule has 100 valence electrons. The van der Waals surface area contributed by atoms with Crippen molar-refractivity contribution in [3.63, 3.8) is 0 Å². The highest BCUT2D eigenvalue weighted by Crippen LogP contribution is 2.17. The minimum atomic E-state index is -0.230. The first kappa shape index (κ1) is 13.1. The maximum atomic E-state index is 12.1. The van der Waals surface area contributed by atoms with E-state index >= 15 is 0 Å². The van der Waals surface area contributed by atoms with Crippen LogP contribution in [0.4, 0.5) is 5.82 Å². The first-order chi connectivity index (χ1) is 9.10. The van der Waals surface area contributed by atoms with E-state index in [9.17, 15) is 9.90 Å². The predicted octanol–water partition coefficient (Wildman–Crippen LogP) is 2.63. The second-order valence-electron chi connectivity index (χ2n) is 4.48. The summed E-state index contributed by atoms with van der Waals surface area (Å²) in [5.74, 6) is 0.437. The average Bonchev–Trinajstić information content (AvgIpc) is 2.76. The third-order valence-corrected chi connectivity index (χ3v) is 2.85. The summed E-state index contributed by atoms with van der Waals surface area (Å²) in [5, 5.41) is 19.0. The number of amides is 1. The Kier molecular flexibility index (Phi) is 3.85. The van der Waals surface area contributed by atoms with Crippen molar-refractivity contribution in [2.45, 2.75) is 26.7 Å². The Morgan fingerprint density at radius 3 is 2.89 bits per heavy atom. The molecule has 0 radical (unpaired) electrons. The molecule has 0 spiro atoms. The van der Waals surface area contributed by atoms with Gasteiger partial charge in [-0.3, -0.25) is 9.89 Å². The largest absolute Gasteiger partial charge is 0.508 e. The summed E-state index contributed by atoms with van der Waals surface area (Å²) in [6, 6.07) is 6.48. The summed E-state index contributed by atoms with van der Waals surface area (Å²) in [5.41, 5.74) is 2.25. The van der Waals surface area contributed by atoms with Crippen molar-refractivity contribution in [1.82, 2.24) is 10.2 Å². The fourth-order valence-corrected chi connectivity index (χ4v) is 1.91. The van der Waals surface area contributed by atoms with Gasteiger partial charge in [0, 0.05) is 17.3 Å². The summed E-state index contributed by atoms with van der Waals surface area (Å²) >= 11 is 0. The Morgan fingerprint density at radius 2 is 2.21 bits per heavy atom. The second-order valence-corrected chi connectivity index (χ2v) is 4.48. The molecular formula is C14H17N3O2. The van der Waals surface area contributed by atoms with Gasteiger partial charge < -0.3 is 10.4 Å². The molecule has 5 heteroatoms. The molecule has 0 bridgehead atoms. The number of aromatic hydroxyl groups is 1. The summed E-state index contributed by atoms with van der Waals surface area (Å²) in [4.78, 5) is 12.1. The highest BCUT2D eigenvalue weighted by molar-refractivity contribution is 6.04. The zero-order valence-electron chi connectivity index (χ0n) is 11.0. The lowest BCUT2D eigenvalue weighted by molar-refractivity contribution is 0.102. The number of H-pyrrole nitrogens is 1. The minimum Gasteiger partial charge on any atom is -0.508 e. The number of carbonyl (C=O) groups is 1. The number of anilines is 1. The third kappa shape index (κ3) is 3.13. The Hall–Kier alpha value is -2.30. The number of rotatable bonds is 4. The highest BCUT2D eigenvalue weighted by Gasteiger charge is 2.11. The van der Waals surface area contributed by atoms with E-state index in [1.54, 1.807) is 19.1 Å². The lowest BCUT2D eigenvalue weighted by Crippen LogP contribution is -2.13. The molecule has 0 saturated carbocycles. The van der Waals surface area contributed by atoms with Gasteiger partial charge in [0.2, 0.25) is 0 Å². The topological polar surface area (TPSA) is 78.0 Å². The van der Waals surface area contributed by atoms with Crippen LogP contribution in [0.3, 0.4) is 0 Å². The van der Waals surface area contributed by atoms with Gasteiger partial charge in [-0.25, -0.2) is 0 Å². The van der Waals surface area contributed by atoms with Crippen molar-refractivity contribution in [2.24, 2.45) is 0 Å². The van der Waals surface area contributed by atoms with Crippen LogP contribution < -0.4 is 5.32 Å². The van der Waals surface area contributed by atoms with Gasteiger partial charge in [-0.05, 0) is 37.1 Å². The second kappa shape index (κ2) is 5.56. The van der Waals surface area contributed by atoms with Crippen LogP contribution in [0.2, 0.25) is 0 Å². The summed E-state index contributed by atoms with van der Waals surface area (Å²) in [6.45, 7) is 3.86. The van der Waals surface area contributed by atoms with E-state index in [4.69, 9.17) is 0 Å². The minimum absolute atomic E-state index is 0.152. The molecule has 2 aromatic rings. The fourth-order valence-electron chi connectivity index (χ4n) is 1.91. The lowest BCUT2D eigenvalue weighted by Gasteiger charge is -2.05. The van der Waals surface area contributed by atoms with E-state index in [1.165, 1.54) is 6.07 Å². The van der Waals surface area contributed by atoms with Crippen molar-refractivity contribution in [2.75, 3.05) is 5.32 Å². The molecule has 0 aliphatic rings. The molecule has 0 aliphatic heterocycles. The van der Waals surface area contributed by atoms with Crippen LogP contribution in [0.15, 0.2) is 24.3 Å². The van der Waals surface area contributed by atoms with Crippen LogP contribution in [0.1, 0.15) is 35.0 Å². The number of benzene rings is 1.